The van der Waals surface area contributed by atoms with Crippen molar-refractivity contribution in [2.24, 2.45) is 0 Å². The van der Waals surface area contributed by atoms with Gasteiger partial charge in [0.1, 0.15) is 17.5 Å². The molecule has 1 saturated heterocycles. The fourth-order valence-electron chi connectivity index (χ4n) is 3.64. The molecular formula is C22H22F3N5. The normalized spacial score (nSPS) is 16.3. The largest absolute Gasteiger partial charge is 0.384 e. The van der Waals surface area contributed by atoms with E-state index < -0.39 is 11.7 Å². The van der Waals surface area contributed by atoms with E-state index in [9.17, 15) is 13.2 Å². The Labute approximate surface area is 172 Å². The second-order valence-corrected chi connectivity index (χ2v) is 7.47. The lowest BCUT2D eigenvalue weighted by Crippen LogP contribution is -2.28. The van der Waals surface area contributed by atoms with Crippen LogP contribution in [0.1, 0.15) is 24.8 Å². The van der Waals surface area contributed by atoms with Gasteiger partial charge in [-0.2, -0.15) is 0 Å². The molecule has 5 nitrogen and oxygen atoms in total. The molecule has 0 bridgehead atoms. The quantitative estimate of drug-likeness (QED) is 0.626. The lowest BCUT2D eigenvalue weighted by Gasteiger charge is -2.26. The van der Waals surface area contributed by atoms with Crippen molar-refractivity contribution in [3.05, 3.63) is 60.6 Å². The van der Waals surface area contributed by atoms with E-state index >= 15 is 0 Å². The smallest absolute Gasteiger partial charge is 0.249 e. The minimum atomic E-state index is -2.69. The third kappa shape index (κ3) is 4.32. The number of nitrogens with zero attached hydrogens (tertiary/aromatic N) is 3. The van der Waals surface area contributed by atoms with Crippen LogP contribution in [0.4, 0.5) is 30.5 Å². The molecule has 1 aliphatic heterocycles. The van der Waals surface area contributed by atoms with Crippen LogP contribution < -0.4 is 16.0 Å². The zero-order chi connectivity index (χ0) is 21.3. The third-order valence-corrected chi connectivity index (χ3v) is 5.18. The molecule has 4 rings (SSSR count). The molecule has 3 N–H and O–H groups in total. The van der Waals surface area contributed by atoms with Crippen LogP contribution in [0, 0.1) is 5.82 Å². The Morgan fingerprint density at radius 2 is 1.97 bits per heavy atom. The van der Waals surface area contributed by atoms with E-state index in [4.69, 9.17) is 5.73 Å². The molecule has 8 heteroatoms. The number of nitrogen functional groups attached to an aromatic ring is 1. The number of pyridine rings is 2. The molecule has 3 heterocycles. The third-order valence-electron chi connectivity index (χ3n) is 5.18. The molecule has 156 valence electrons. The molecule has 1 aromatic carbocycles. The Morgan fingerprint density at radius 3 is 2.77 bits per heavy atom. The number of fused-ring (bicyclic) bond motifs is 1. The summed E-state index contributed by atoms with van der Waals surface area (Å²) < 4.78 is 41.6. The fraction of sp³-hybridized carbons (Fsp3) is 0.273. The van der Waals surface area contributed by atoms with Crippen LogP contribution in [-0.2, 0) is 0 Å². The van der Waals surface area contributed by atoms with Crippen LogP contribution in [-0.4, -0.2) is 29.0 Å². The highest BCUT2D eigenvalue weighted by Gasteiger charge is 2.32. The van der Waals surface area contributed by atoms with Crippen molar-refractivity contribution < 1.29 is 13.2 Å². The molecule has 0 unspecified atom stereocenters. The standard InChI is InChI=1S/C22H22F3N5/c1-14(28-17-5-8-27-20(26)13-17)18-11-15-3-4-16(23)12-19(15)29-21(18)30-9-2-6-22(24,25)7-10-30/h3-5,8,11-13H,1-2,6-7,9-10H2,(H3,26,27,28). The maximum absolute atomic E-state index is 13.9. The van der Waals surface area contributed by atoms with Crippen molar-refractivity contribution in [3.63, 3.8) is 0 Å². The first kappa shape index (κ1) is 20.0. The first-order valence-corrected chi connectivity index (χ1v) is 9.72. The van der Waals surface area contributed by atoms with Gasteiger partial charge in [0.25, 0.3) is 0 Å². The number of benzene rings is 1. The van der Waals surface area contributed by atoms with Crippen LogP contribution in [0.5, 0.6) is 0 Å². The van der Waals surface area contributed by atoms with Crippen molar-refractivity contribution >= 4 is 33.9 Å². The predicted molar refractivity (Wildman–Crippen MR) is 114 cm³/mol. The van der Waals surface area contributed by atoms with Gasteiger partial charge in [0, 0.05) is 66.6 Å². The summed E-state index contributed by atoms with van der Waals surface area (Å²) in [5.74, 6) is -2.23. The van der Waals surface area contributed by atoms with Crippen molar-refractivity contribution in [1.82, 2.24) is 9.97 Å². The summed E-state index contributed by atoms with van der Waals surface area (Å²) in [5, 5.41) is 3.91. The summed E-state index contributed by atoms with van der Waals surface area (Å²) in [5.41, 5.74) is 8.10. The van der Waals surface area contributed by atoms with Crippen molar-refractivity contribution in [1.29, 1.82) is 0 Å². The van der Waals surface area contributed by atoms with Gasteiger partial charge in [-0.3, -0.25) is 0 Å². The van der Waals surface area contributed by atoms with Crippen LogP contribution in [0.15, 0.2) is 49.2 Å². The van der Waals surface area contributed by atoms with Gasteiger partial charge in [0.15, 0.2) is 0 Å². The zero-order valence-corrected chi connectivity index (χ0v) is 16.3. The summed E-state index contributed by atoms with van der Waals surface area (Å²) in [7, 11) is 0. The number of hydrogen-bond donors (Lipinski definition) is 2. The number of halogens is 3. The van der Waals surface area contributed by atoms with E-state index in [-0.39, 0.29) is 19.4 Å². The molecule has 1 aliphatic rings. The topological polar surface area (TPSA) is 67.1 Å². The second kappa shape index (κ2) is 7.85. The average Bonchev–Trinajstić information content (AvgIpc) is 2.87. The lowest BCUT2D eigenvalue weighted by molar-refractivity contribution is -0.0102. The van der Waals surface area contributed by atoms with E-state index in [1.807, 2.05) is 11.0 Å². The van der Waals surface area contributed by atoms with Crippen molar-refractivity contribution in [2.45, 2.75) is 25.2 Å². The molecule has 3 aromatic rings. The SMILES string of the molecule is C=C(Nc1ccnc(N)c1)c1cc2ccc(F)cc2nc1N1CCCC(F)(F)CC1. The van der Waals surface area contributed by atoms with E-state index in [1.165, 1.54) is 12.1 Å². The van der Waals surface area contributed by atoms with Gasteiger partial charge in [0.2, 0.25) is 5.92 Å². The Hall–Kier alpha value is -3.29. The summed E-state index contributed by atoms with van der Waals surface area (Å²) in [4.78, 5) is 10.4. The number of nitrogens with two attached hydrogens (primary N) is 1. The van der Waals surface area contributed by atoms with E-state index in [0.29, 0.717) is 47.1 Å². The van der Waals surface area contributed by atoms with Gasteiger partial charge in [-0.1, -0.05) is 6.58 Å². The Balaban J connectivity index is 1.75. The first-order valence-electron chi connectivity index (χ1n) is 9.72. The molecule has 0 saturated carbocycles. The number of hydrogen-bond acceptors (Lipinski definition) is 5. The monoisotopic (exact) mass is 413 g/mol. The van der Waals surface area contributed by atoms with E-state index in [2.05, 4.69) is 21.9 Å². The Kier molecular flexibility index (Phi) is 5.24. The van der Waals surface area contributed by atoms with Crippen LogP contribution >= 0.6 is 0 Å². The van der Waals surface area contributed by atoms with E-state index in [1.54, 1.807) is 24.4 Å². The maximum Gasteiger partial charge on any atom is 0.249 e. The average molecular weight is 413 g/mol. The fourth-order valence-corrected chi connectivity index (χ4v) is 3.64. The number of anilines is 3. The van der Waals surface area contributed by atoms with Gasteiger partial charge in [0.05, 0.1) is 5.52 Å². The maximum atomic E-state index is 13.9. The number of rotatable bonds is 4. The van der Waals surface area contributed by atoms with Gasteiger partial charge >= 0.3 is 0 Å². The minimum absolute atomic E-state index is 0.156. The van der Waals surface area contributed by atoms with Crippen LogP contribution in [0.2, 0.25) is 0 Å². The molecule has 0 amide bonds. The van der Waals surface area contributed by atoms with Gasteiger partial charge in [-0.25, -0.2) is 23.1 Å². The summed E-state index contributed by atoms with van der Waals surface area (Å²) >= 11 is 0. The summed E-state index contributed by atoms with van der Waals surface area (Å²) in [6.07, 6.45) is 1.51. The molecular weight excluding hydrogens is 391 g/mol. The first-order chi connectivity index (χ1) is 14.3. The number of aromatic nitrogens is 2. The van der Waals surface area contributed by atoms with Gasteiger partial charge < -0.3 is 16.0 Å². The molecule has 0 aliphatic carbocycles. The highest BCUT2D eigenvalue weighted by Crippen LogP contribution is 2.34. The summed E-state index contributed by atoms with van der Waals surface area (Å²) in [6.45, 7) is 4.71. The minimum Gasteiger partial charge on any atom is -0.384 e. The Morgan fingerprint density at radius 1 is 1.13 bits per heavy atom. The number of nitrogens with one attached hydrogen (secondary N) is 1. The molecule has 0 radical (unpaired) electrons. The van der Waals surface area contributed by atoms with Gasteiger partial charge in [-0.05, 0) is 30.7 Å². The van der Waals surface area contributed by atoms with Crippen molar-refractivity contribution in [3.8, 4) is 0 Å². The van der Waals surface area contributed by atoms with Gasteiger partial charge in [-0.15, -0.1) is 0 Å². The van der Waals surface area contributed by atoms with Crippen LogP contribution in [0.3, 0.4) is 0 Å². The molecule has 0 spiro atoms. The molecule has 2 aromatic heterocycles. The van der Waals surface area contributed by atoms with Crippen molar-refractivity contribution in [2.75, 3.05) is 29.0 Å². The van der Waals surface area contributed by atoms with Crippen LogP contribution in [0.25, 0.3) is 16.6 Å². The molecule has 1 fully saturated rings. The Bertz CT molecular complexity index is 1100. The highest BCUT2D eigenvalue weighted by atomic mass is 19.3. The zero-order valence-electron chi connectivity index (χ0n) is 16.3. The number of alkyl halides is 2. The van der Waals surface area contributed by atoms with E-state index in [0.717, 1.165) is 5.39 Å². The second-order valence-electron chi connectivity index (χ2n) is 7.47. The predicted octanol–water partition coefficient (Wildman–Crippen LogP) is 5.06. The lowest BCUT2D eigenvalue weighted by atomic mass is 10.1. The highest BCUT2D eigenvalue weighted by molar-refractivity contribution is 5.90. The molecule has 0 atom stereocenters. The summed E-state index contributed by atoms with van der Waals surface area (Å²) in [6, 6.07) is 9.60. The molecule has 30 heavy (non-hydrogen) atoms.